The molecule has 2 bridgehead atoms. The second-order valence-electron chi connectivity index (χ2n) is 4.04. The van der Waals surface area contributed by atoms with Gasteiger partial charge in [-0.15, -0.1) is 0 Å². The molecule has 0 aromatic carbocycles. The summed E-state index contributed by atoms with van der Waals surface area (Å²) in [6, 6.07) is 0.162. The third kappa shape index (κ3) is 1.39. The highest BCUT2D eigenvalue weighted by molar-refractivity contribution is 7.89. The summed E-state index contributed by atoms with van der Waals surface area (Å²) >= 11 is 0. The van der Waals surface area contributed by atoms with Gasteiger partial charge in [0.2, 0.25) is 10.0 Å². The van der Waals surface area contributed by atoms with Crippen molar-refractivity contribution >= 4 is 10.0 Å². The minimum absolute atomic E-state index is 0.0695. The highest BCUT2D eigenvalue weighted by Gasteiger charge is 2.47. The van der Waals surface area contributed by atoms with E-state index in [4.69, 9.17) is 5.73 Å². The van der Waals surface area contributed by atoms with E-state index in [2.05, 4.69) is 0 Å². The van der Waals surface area contributed by atoms with Crippen LogP contribution in [0.25, 0.3) is 0 Å². The van der Waals surface area contributed by atoms with Gasteiger partial charge in [0, 0.05) is 18.6 Å². The number of fused-ring (bicyclic) bond motifs is 2. The minimum Gasteiger partial charge on any atom is -0.326 e. The molecule has 0 spiro atoms. The molecule has 5 heteroatoms. The van der Waals surface area contributed by atoms with Crippen LogP contribution in [0.1, 0.15) is 19.8 Å². The Morgan fingerprint density at radius 2 is 2.15 bits per heavy atom. The number of hydrogen-bond acceptors (Lipinski definition) is 3. The average Bonchev–Trinajstić information content (AvgIpc) is 2.62. The van der Waals surface area contributed by atoms with Crippen molar-refractivity contribution in [3.63, 3.8) is 0 Å². The monoisotopic (exact) mass is 204 g/mol. The summed E-state index contributed by atoms with van der Waals surface area (Å²) in [5.41, 5.74) is 5.86. The number of hydrogen-bond donors (Lipinski definition) is 1. The molecule has 0 radical (unpaired) electrons. The first-order valence-electron chi connectivity index (χ1n) is 4.79. The lowest BCUT2D eigenvalue weighted by Crippen LogP contribution is -2.48. The quantitative estimate of drug-likeness (QED) is 0.675. The van der Waals surface area contributed by atoms with E-state index in [1.54, 1.807) is 11.2 Å². The van der Waals surface area contributed by atoms with E-state index in [-0.39, 0.29) is 17.8 Å². The molecule has 4 nitrogen and oxygen atoms in total. The van der Waals surface area contributed by atoms with E-state index in [0.29, 0.717) is 12.5 Å². The van der Waals surface area contributed by atoms with Gasteiger partial charge in [0.25, 0.3) is 0 Å². The van der Waals surface area contributed by atoms with Crippen molar-refractivity contribution in [2.75, 3.05) is 12.3 Å². The van der Waals surface area contributed by atoms with Crippen LogP contribution in [0.15, 0.2) is 0 Å². The van der Waals surface area contributed by atoms with Gasteiger partial charge in [-0.3, -0.25) is 0 Å². The van der Waals surface area contributed by atoms with Crippen LogP contribution >= 0.6 is 0 Å². The molecule has 2 N–H and O–H groups in total. The van der Waals surface area contributed by atoms with Gasteiger partial charge in [0.1, 0.15) is 0 Å². The molecule has 1 heterocycles. The normalized spacial score (nSPS) is 40.0. The van der Waals surface area contributed by atoms with Crippen molar-refractivity contribution in [3.8, 4) is 0 Å². The molecule has 3 unspecified atom stereocenters. The summed E-state index contributed by atoms with van der Waals surface area (Å²) in [6.45, 7) is 2.39. The fourth-order valence-corrected chi connectivity index (χ4v) is 3.93. The lowest BCUT2D eigenvalue weighted by Gasteiger charge is -2.29. The summed E-state index contributed by atoms with van der Waals surface area (Å²) in [4.78, 5) is 0. The fourth-order valence-electron chi connectivity index (χ4n) is 2.51. The van der Waals surface area contributed by atoms with E-state index in [9.17, 15) is 8.42 Å². The van der Waals surface area contributed by atoms with E-state index in [0.717, 1.165) is 12.8 Å². The third-order valence-electron chi connectivity index (χ3n) is 3.20. The first-order chi connectivity index (χ1) is 6.04. The zero-order valence-corrected chi connectivity index (χ0v) is 8.63. The van der Waals surface area contributed by atoms with Crippen LogP contribution in [0.2, 0.25) is 0 Å². The number of rotatable bonds is 2. The van der Waals surface area contributed by atoms with Crippen LogP contribution in [0.5, 0.6) is 0 Å². The van der Waals surface area contributed by atoms with Crippen molar-refractivity contribution in [2.24, 2.45) is 11.7 Å². The van der Waals surface area contributed by atoms with Crippen LogP contribution in [0.4, 0.5) is 0 Å². The smallest absolute Gasteiger partial charge is 0.214 e. The Kier molecular flexibility index (Phi) is 2.13. The lowest BCUT2D eigenvalue weighted by atomic mass is 10.1. The molecule has 76 valence electrons. The van der Waals surface area contributed by atoms with Crippen LogP contribution in [-0.4, -0.2) is 37.1 Å². The van der Waals surface area contributed by atoms with Crippen LogP contribution in [0, 0.1) is 5.92 Å². The highest BCUT2D eigenvalue weighted by Crippen LogP contribution is 2.38. The van der Waals surface area contributed by atoms with Crippen LogP contribution in [0.3, 0.4) is 0 Å². The molecule has 0 aromatic rings. The van der Waals surface area contributed by atoms with Gasteiger partial charge >= 0.3 is 0 Å². The van der Waals surface area contributed by atoms with Crippen molar-refractivity contribution in [3.05, 3.63) is 0 Å². The summed E-state index contributed by atoms with van der Waals surface area (Å²) in [5.74, 6) is 0.712. The molecule has 3 atom stereocenters. The first kappa shape index (κ1) is 9.43. The molecule has 2 fully saturated rings. The molecule has 1 saturated heterocycles. The van der Waals surface area contributed by atoms with Gasteiger partial charge in [0.15, 0.2) is 0 Å². The van der Waals surface area contributed by atoms with E-state index >= 15 is 0 Å². The van der Waals surface area contributed by atoms with Crippen molar-refractivity contribution in [1.82, 2.24) is 4.31 Å². The predicted molar refractivity (Wildman–Crippen MR) is 50.7 cm³/mol. The topological polar surface area (TPSA) is 63.4 Å². The van der Waals surface area contributed by atoms with Crippen molar-refractivity contribution in [1.29, 1.82) is 0 Å². The number of piperidine rings is 1. The lowest BCUT2D eigenvalue weighted by molar-refractivity contribution is 0.302. The standard InChI is InChI=1S/C8H16N2O2S/c1-2-13(11,12)10-5-6-3-7(9)8(10)4-6/h6-8H,2-5,9H2,1H3. The van der Waals surface area contributed by atoms with Crippen LogP contribution < -0.4 is 5.73 Å². The summed E-state index contributed by atoms with van der Waals surface area (Å²) < 4.78 is 24.8. The van der Waals surface area contributed by atoms with Gasteiger partial charge < -0.3 is 5.73 Å². The number of nitrogens with two attached hydrogens (primary N) is 1. The molecule has 0 amide bonds. The molecule has 2 aliphatic rings. The Hall–Kier alpha value is -0.130. The molecule has 1 saturated carbocycles. The summed E-state index contributed by atoms with van der Waals surface area (Å²) in [5, 5.41) is 0. The van der Waals surface area contributed by atoms with Gasteiger partial charge in [-0.2, -0.15) is 4.31 Å². The summed E-state index contributed by atoms with van der Waals surface area (Å²) in [6.07, 6.45) is 1.97. The maximum Gasteiger partial charge on any atom is 0.214 e. The Labute approximate surface area is 79.1 Å². The van der Waals surface area contributed by atoms with E-state index < -0.39 is 10.0 Å². The molecular weight excluding hydrogens is 188 g/mol. The average molecular weight is 204 g/mol. The maximum absolute atomic E-state index is 11.6. The Bertz CT molecular complexity index is 301. The molecule has 1 aliphatic heterocycles. The second kappa shape index (κ2) is 2.93. The largest absolute Gasteiger partial charge is 0.326 e. The van der Waals surface area contributed by atoms with E-state index in [1.807, 2.05) is 0 Å². The van der Waals surface area contributed by atoms with Gasteiger partial charge in [0.05, 0.1) is 5.75 Å². The molecule has 13 heavy (non-hydrogen) atoms. The van der Waals surface area contributed by atoms with Gasteiger partial charge in [-0.1, -0.05) is 0 Å². The Balaban J connectivity index is 2.20. The van der Waals surface area contributed by atoms with Crippen LogP contribution in [-0.2, 0) is 10.0 Å². The zero-order chi connectivity index (χ0) is 9.64. The van der Waals surface area contributed by atoms with Crippen molar-refractivity contribution < 1.29 is 8.42 Å². The Morgan fingerprint density at radius 3 is 2.62 bits per heavy atom. The molecule has 2 rings (SSSR count). The van der Waals surface area contributed by atoms with Gasteiger partial charge in [-0.25, -0.2) is 8.42 Å². The minimum atomic E-state index is -3.01. The zero-order valence-electron chi connectivity index (χ0n) is 7.81. The first-order valence-corrected chi connectivity index (χ1v) is 6.40. The summed E-state index contributed by atoms with van der Waals surface area (Å²) in [7, 11) is -3.01. The third-order valence-corrected chi connectivity index (χ3v) is 5.07. The molecule has 1 aliphatic carbocycles. The highest BCUT2D eigenvalue weighted by atomic mass is 32.2. The van der Waals surface area contributed by atoms with E-state index in [1.165, 1.54) is 0 Å². The fraction of sp³-hybridized carbons (Fsp3) is 1.00. The Morgan fingerprint density at radius 1 is 1.46 bits per heavy atom. The second-order valence-corrected chi connectivity index (χ2v) is 6.25. The maximum atomic E-state index is 11.6. The van der Waals surface area contributed by atoms with Gasteiger partial charge in [-0.05, 0) is 25.7 Å². The number of sulfonamides is 1. The SMILES string of the molecule is CCS(=O)(=O)N1CC2CC(N)C1C2. The molecule has 0 aromatic heterocycles. The van der Waals surface area contributed by atoms with Crippen molar-refractivity contribution in [2.45, 2.75) is 31.8 Å². The number of nitrogens with zero attached hydrogens (tertiary/aromatic N) is 1. The molecular formula is C8H16N2O2S. The predicted octanol–water partition coefficient (Wildman–Crippen LogP) is -0.242.